The van der Waals surface area contributed by atoms with Crippen molar-refractivity contribution < 1.29 is 22.7 Å². The fourth-order valence-electron chi connectivity index (χ4n) is 3.11. The number of carbonyl (C=O) groups is 1. The van der Waals surface area contributed by atoms with Crippen molar-refractivity contribution in [1.82, 2.24) is 10.2 Å². The molecule has 0 radical (unpaired) electrons. The smallest absolute Gasteiger partial charge is 0.255 e. The Hall–Kier alpha value is -3.53. The number of benzene rings is 2. The van der Waals surface area contributed by atoms with Crippen LogP contribution in [-0.2, 0) is 15.4 Å². The van der Waals surface area contributed by atoms with Crippen molar-refractivity contribution in [2.45, 2.75) is 33.1 Å². The minimum absolute atomic E-state index is 0.210. The molecule has 10 heteroatoms. The molecule has 2 aromatic carbocycles. The molecule has 0 bridgehead atoms. The van der Waals surface area contributed by atoms with Crippen LogP contribution in [0, 0.1) is 6.92 Å². The van der Waals surface area contributed by atoms with E-state index in [2.05, 4.69) is 20.2 Å². The van der Waals surface area contributed by atoms with Crippen LogP contribution in [0.2, 0.25) is 0 Å². The molecule has 1 aromatic heterocycles. The van der Waals surface area contributed by atoms with Crippen molar-refractivity contribution >= 4 is 27.3 Å². The number of anilines is 2. The molecule has 3 N–H and O–H groups in total. The van der Waals surface area contributed by atoms with Gasteiger partial charge in [-0.3, -0.25) is 14.6 Å². The summed E-state index contributed by atoms with van der Waals surface area (Å²) in [7, 11) is -2.16. The summed E-state index contributed by atoms with van der Waals surface area (Å²) < 4.78 is 37.5. The minimum Gasteiger partial charge on any atom is -0.492 e. The van der Waals surface area contributed by atoms with Gasteiger partial charge >= 0.3 is 0 Å². The van der Waals surface area contributed by atoms with Gasteiger partial charge in [0.25, 0.3) is 5.91 Å². The van der Waals surface area contributed by atoms with Gasteiger partial charge in [0.05, 0.1) is 24.7 Å². The number of aryl methyl sites for hydroxylation is 1. The topological polar surface area (TPSA) is 122 Å². The van der Waals surface area contributed by atoms with Crippen LogP contribution >= 0.6 is 0 Å². The number of nitrogens with zero attached hydrogens (tertiary/aromatic N) is 1. The molecule has 0 saturated carbocycles. The van der Waals surface area contributed by atoms with E-state index in [0.717, 1.165) is 17.4 Å². The average Bonchev–Trinajstić information content (AvgIpc) is 3.20. The molecule has 0 aliphatic carbocycles. The van der Waals surface area contributed by atoms with Crippen molar-refractivity contribution in [2.24, 2.45) is 0 Å². The summed E-state index contributed by atoms with van der Waals surface area (Å²) in [4.78, 5) is 13.1. The Bertz CT molecular complexity index is 1260. The third-order valence-electron chi connectivity index (χ3n) is 4.84. The number of aromatic amines is 1. The van der Waals surface area contributed by atoms with Gasteiger partial charge in [-0.15, -0.1) is 5.10 Å². The molecular formula is C23H28N4O5S. The number of ether oxygens (including phenoxy) is 2. The zero-order valence-corrected chi connectivity index (χ0v) is 20.3. The Morgan fingerprint density at radius 2 is 1.79 bits per heavy atom. The number of hydrogen-bond acceptors (Lipinski definition) is 6. The second kappa shape index (κ2) is 9.14. The lowest BCUT2D eigenvalue weighted by Crippen LogP contribution is -2.18. The first-order chi connectivity index (χ1) is 15.4. The molecule has 176 valence electrons. The van der Waals surface area contributed by atoms with Crippen molar-refractivity contribution in [2.75, 3.05) is 23.4 Å². The normalized spacial score (nSPS) is 11.7. The van der Waals surface area contributed by atoms with E-state index < -0.39 is 15.9 Å². The van der Waals surface area contributed by atoms with Gasteiger partial charge in [0, 0.05) is 17.8 Å². The second-order valence-electron chi connectivity index (χ2n) is 8.68. The Balaban J connectivity index is 1.99. The highest BCUT2D eigenvalue weighted by Gasteiger charge is 2.22. The number of sulfonamides is 1. The fraction of sp³-hybridized carbons (Fsp3) is 0.304. The first-order valence-electron chi connectivity index (χ1n) is 10.2. The van der Waals surface area contributed by atoms with E-state index in [9.17, 15) is 13.2 Å². The highest BCUT2D eigenvalue weighted by Crippen LogP contribution is 2.39. The number of hydrogen-bond donors (Lipinski definition) is 3. The summed E-state index contributed by atoms with van der Waals surface area (Å²) in [5, 5.41) is 9.49. The Kier molecular flexibility index (Phi) is 6.68. The summed E-state index contributed by atoms with van der Waals surface area (Å²) >= 11 is 0. The van der Waals surface area contributed by atoms with Crippen LogP contribution in [0.15, 0.2) is 42.6 Å². The second-order valence-corrected chi connectivity index (χ2v) is 10.4. The van der Waals surface area contributed by atoms with E-state index in [0.29, 0.717) is 22.9 Å². The standard InChI is InChI=1S/C23H28N4O5S/c1-14-7-8-15(11-19(14)32-20-9-10-24-26-20)22(28)25-17-12-16(23(2,3)4)13-18(21(17)31-5)27-33(6,29)30/h7-13,27H,1-6H3,(H,24,26)(H,25,28). The highest BCUT2D eigenvalue weighted by atomic mass is 32.2. The van der Waals surface area contributed by atoms with Crippen LogP contribution in [0.5, 0.6) is 17.4 Å². The Labute approximate surface area is 193 Å². The molecule has 1 heterocycles. The summed E-state index contributed by atoms with van der Waals surface area (Å²) in [5.41, 5.74) is 2.28. The number of methoxy groups -OCH3 is 1. The number of carbonyl (C=O) groups excluding carboxylic acids is 1. The van der Waals surface area contributed by atoms with Gasteiger partial charge in [-0.2, -0.15) is 0 Å². The maximum Gasteiger partial charge on any atom is 0.255 e. The third kappa shape index (κ3) is 6.04. The first-order valence-corrected chi connectivity index (χ1v) is 12.1. The van der Waals surface area contributed by atoms with Crippen LogP contribution in [0.1, 0.15) is 42.3 Å². The molecule has 0 unspecified atom stereocenters. The molecule has 9 nitrogen and oxygen atoms in total. The van der Waals surface area contributed by atoms with Crippen LogP contribution in [0.3, 0.4) is 0 Å². The summed E-state index contributed by atoms with van der Waals surface area (Å²) in [6, 6.07) is 10.2. The molecule has 1 amide bonds. The van der Waals surface area contributed by atoms with Crippen LogP contribution in [0.25, 0.3) is 0 Å². The maximum absolute atomic E-state index is 13.1. The van der Waals surface area contributed by atoms with E-state index in [1.807, 2.05) is 27.7 Å². The largest absolute Gasteiger partial charge is 0.492 e. The molecule has 0 saturated heterocycles. The highest BCUT2D eigenvalue weighted by molar-refractivity contribution is 7.92. The van der Waals surface area contributed by atoms with Gasteiger partial charge in [-0.1, -0.05) is 26.8 Å². The SMILES string of the molecule is COc1c(NC(=O)c2ccc(C)c(Oc3cc[nH]n3)c2)cc(C(C)(C)C)cc1NS(C)(=O)=O. The van der Waals surface area contributed by atoms with Crippen LogP contribution in [-0.4, -0.2) is 37.9 Å². The summed E-state index contributed by atoms with van der Waals surface area (Å²) in [6.07, 6.45) is 2.69. The van der Waals surface area contributed by atoms with Gasteiger partial charge < -0.3 is 14.8 Å². The molecule has 0 atom stereocenters. The molecular weight excluding hydrogens is 444 g/mol. The van der Waals surface area contributed by atoms with E-state index in [1.54, 1.807) is 42.6 Å². The third-order valence-corrected chi connectivity index (χ3v) is 5.43. The Morgan fingerprint density at radius 3 is 2.36 bits per heavy atom. The molecule has 0 spiro atoms. The van der Waals surface area contributed by atoms with Gasteiger partial charge in [0.1, 0.15) is 5.75 Å². The molecule has 0 aliphatic heterocycles. The zero-order chi connectivity index (χ0) is 24.4. The molecule has 3 rings (SSSR count). The lowest BCUT2D eigenvalue weighted by atomic mass is 9.86. The van der Waals surface area contributed by atoms with Crippen molar-refractivity contribution in [3.8, 4) is 17.4 Å². The number of nitrogens with one attached hydrogen (secondary N) is 3. The van der Waals surface area contributed by atoms with E-state index in [1.165, 1.54) is 7.11 Å². The molecule has 0 aliphatic rings. The van der Waals surface area contributed by atoms with E-state index in [-0.39, 0.29) is 16.9 Å². The van der Waals surface area contributed by atoms with Gasteiger partial charge in [-0.05, 0) is 47.7 Å². The number of amides is 1. The zero-order valence-electron chi connectivity index (χ0n) is 19.4. The number of H-pyrrole nitrogens is 1. The molecule has 33 heavy (non-hydrogen) atoms. The minimum atomic E-state index is -3.57. The summed E-state index contributed by atoms with van der Waals surface area (Å²) in [5.74, 6) is 0.676. The van der Waals surface area contributed by atoms with Crippen molar-refractivity contribution in [3.63, 3.8) is 0 Å². The fourth-order valence-corrected chi connectivity index (χ4v) is 3.66. The van der Waals surface area contributed by atoms with Crippen LogP contribution < -0.4 is 19.5 Å². The van der Waals surface area contributed by atoms with Gasteiger partial charge in [0.15, 0.2) is 5.75 Å². The van der Waals surface area contributed by atoms with Gasteiger partial charge in [-0.25, -0.2) is 8.42 Å². The average molecular weight is 473 g/mol. The number of rotatable bonds is 7. The lowest BCUT2D eigenvalue weighted by molar-refractivity contribution is 0.102. The lowest BCUT2D eigenvalue weighted by Gasteiger charge is -2.24. The van der Waals surface area contributed by atoms with E-state index in [4.69, 9.17) is 9.47 Å². The van der Waals surface area contributed by atoms with Crippen LogP contribution in [0.4, 0.5) is 11.4 Å². The van der Waals surface area contributed by atoms with Gasteiger partial charge in [0.2, 0.25) is 15.9 Å². The molecule has 3 aromatic rings. The number of aromatic nitrogens is 2. The monoisotopic (exact) mass is 472 g/mol. The molecule has 0 fully saturated rings. The maximum atomic E-state index is 13.1. The predicted octanol–water partition coefficient (Wildman–Crippen LogP) is 4.44. The Morgan fingerprint density at radius 1 is 1.09 bits per heavy atom. The first kappa shape index (κ1) is 24.1. The van der Waals surface area contributed by atoms with Crippen molar-refractivity contribution in [3.05, 3.63) is 59.3 Å². The van der Waals surface area contributed by atoms with E-state index >= 15 is 0 Å². The summed E-state index contributed by atoms with van der Waals surface area (Å²) in [6.45, 7) is 7.83. The van der Waals surface area contributed by atoms with Crippen molar-refractivity contribution in [1.29, 1.82) is 0 Å². The quantitative estimate of drug-likeness (QED) is 0.467. The predicted molar refractivity (Wildman–Crippen MR) is 128 cm³/mol.